The fourth-order valence-corrected chi connectivity index (χ4v) is 1.08. The summed E-state index contributed by atoms with van der Waals surface area (Å²) < 4.78 is 5.40. The molecule has 1 rings (SSSR count). The SMILES string of the molecule is CC(C)COC(C)C(=O)Nc1ccccn1. The van der Waals surface area contributed by atoms with Gasteiger partial charge in [0.05, 0.1) is 0 Å². The zero-order chi connectivity index (χ0) is 12.0. The molecule has 1 atom stereocenters. The summed E-state index contributed by atoms with van der Waals surface area (Å²) in [5, 5.41) is 2.69. The minimum atomic E-state index is -0.454. The second kappa shape index (κ2) is 6.23. The highest BCUT2D eigenvalue weighted by atomic mass is 16.5. The Bertz CT molecular complexity index is 325. The van der Waals surface area contributed by atoms with Crippen LogP contribution in [0, 0.1) is 5.92 Å². The van der Waals surface area contributed by atoms with Crippen molar-refractivity contribution in [3.63, 3.8) is 0 Å². The highest BCUT2D eigenvalue weighted by Gasteiger charge is 2.14. The first kappa shape index (κ1) is 12.6. The van der Waals surface area contributed by atoms with E-state index < -0.39 is 6.10 Å². The maximum atomic E-state index is 11.6. The number of carbonyl (C=O) groups is 1. The number of amides is 1. The number of ether oxygens (including phenoxy) is 1. The molecule has 1 amide bonds. The average molecular weight is 222 g/mol. The maximum Gasteiger partial charge on any atom is 0.254 e. The molecule has 0 aliphatic rings. The van der Waals surface area contributed by atoms with E-state index in [2.05, 4.69) is 10.3 Å². The first-order valence-corrected chi connectivity index (χ1v) is 5.43. The summed E-state index contributed by atoms with van der Waals surface area (Å²) in [6, 6.07) is 5.36. The molecule has 0 saturated heterocycles. The van der Waals surface area contributed by atoms with Crippen molar-refractivity contribution in [1.29, 1.82) is 0 Å². The molecular formula is C12H18N2O2. The number of nitrogens with zero attached hydrogens (tertiary/aromatic N) is 1. The summed E-state index contributed by atoms with van der Waals surface area (Å²) in [6.45, 7) is 6.41. The summed E-state index contributed by atoms with van der Waals surface area (Å²) >= 11 is 0. The van der Waals surface area contributed by atoms with E-state index in [1.54, 1.807) is 25.3 Å². The summed E-state index contributed by atoms with van der Waals surface area (Å²) in [6.07, 6.45) is 1.18. The fraction of sp³-hybridized carbons (Fsp3) is 0.500. The number of hydrogen-bond donors (Lipinski definition) is 1. The van der Waals surface area contributed by atoms with Gasteiger partial charge in [0.25, 0.3) is 5.91 Å². The van der Waals surface area contributed by atoms with Gasteiger partial charge < -0.3 is 10.1 Å². The molecule has 0 bridgehead atoms. The first-order valence-electron chi connectivity index (χ1n) is 5.43. The van der Waals surface area contributed by atoms with E-state index in [-0.39, 0.29) is 5.91 Å². The van der Waals surface area contributed by atoms with Crippen LogP contribution in [0.3, 0.4) is 0 Å². The topological polar surface area (TPSA) is 51.2 Å². The largest absolute Gasteiger partial charge is 0.368 e. The van der Waals surface area contributed by atoms with E-state index in [9.17, 15) is 4.79 Å². The Labute approximate surface area is 96.0 Å². The van der Waals surface area contributed by atoms with Crippen molar-refractivity contribution < 1.29 is 9.53 Å². The van der Waals surface area contributed by atoms with Crippen LogP contribution in [0.25, 0.3) is 0 Å². The van der Waals surface area contributed by atoms with Gasteiger partial charge in [0.15, 0.2) is 0 Å². The molecule has 88 valence electrons. The Morgan fingerprint density at radius 3 is 2.75 bits per heavy atom. The molecule has 0 aromatic carbocycles. The van der Waals surface area contributed by atoms with Crippen LogP contribution in [0.2, 0.25) is 0 Å². The van der Waals surface area contributed by atoms with Gasteiger partial charge in [-0.25, -0.2) is 4.98 Å². The van der Waals surface area contributed by atoms with Crippen molar-refractivity contribution in [3.8, 4) is 0 Å². The molecule has 4 heteroatoms. The predicted octanol–water partition coefficient (Wildman–Crippen LogP) is 2.08. The van der Waals surface area contributed by atoms with E-state index in [1.165, 1.54) is 0 Å². The summed E-state index contributed by atoms with van der Waals surface area (Å²) in [7, 11) is 0. The first-order chi connectivity index (χ1) is 7.59. The van der Waals surface area contributed by atoms with Crippen LogP contribution in [0.15, 0.2) is 24.4 Å². The van der Waals surface area contributed by atoms with Gasteiger partial charge in [-0.2, -0.15) is 0 Å². The Morgan fingerprint density at radius 2 is 2.19 bits per heavy atom. The Kier molecular flexibility index (Phi) is 4.92. The third kappa shape index (κ3) is 4.40. The highest BCUT2D eigenvalue weighted by Crippen LogP contribution is 2.03. The number of pyridine rings is 1. The van der Waals surface area contributed by atoms with Crippen LogP contribution in [0.4, 0.5) is 5.82 Å². The van der Waals surface area contributed by atoms with Crippen LogP contribution in [0.5, 0.6) is 0 Å². The lowest BCUT2D eigenvalue weighted by molar-refractivity contribution is -0.126. The molecule has 0 aliphatic heterocycles. The van der Waals surface area contributed by atoms with Gasteiger partial charge in [-0.1, -0.05) is 19.9 Å². The number of rotatable bonds is 5. The van der Waals surface area contributed by atoms with Gasteiger partial charge in [-0.05, 0) is 25.0 Å². The summed E-state index contributed by atoms with van der Waals surface area (Å²) in [4.78, 5) is 15.7. The van der Waals surface area contributed by atoms with Crippen molar-refractivity contribution in [1.82, 2.24) is 4.98 Å². The van der Waals surface area contributed by atoms with Crippen molar-refractivity contribution in [2.24, 2.45) is 5.92 Å². The van der Waals surface area contributed by atoms with Crippen molar-refractivity contribution in [2.75, 3.05) is 11.9 Å². The standard InChI is InChI=1S/C12H18N2O2/c1-9(2)8-16-10(3)12(15)14-11-6-4-5-7-13-11/h4-7,9-10H,8H2,1-3H3,(H,13,14,15). The lowest BCUT2D eigenvalue weighted by Gasteiger charge is -2.14. The number of nitrogens with one attached hydrogen (secondary N) is 1. The smallest absolute Gasteiger partial charge is 0.254 e. The third-order valence-corrected chi connectivity index (χ3v) is 1.96. The number of carbonyl (C=O) groups excluding carboxylic acids is 1. The van der Waals surface area contributed by atoms with Crippen molar-refractivity contribution in [3.05, 3.63) is 24.4 Å². The molecule has 1 heterocycles. The molecule has 16 heavy (non-hydrogen) atoms. The van der Waals surface area contributed by atoms with Crippen molar-refractivity contribution in [2.45, 2.75) is 26.9 Å². The zero-order valence-corrected chi connectivity index (χ0v) is 9.93. The van der Waals surface area contributed by atoms with Gasteiger partial charge in [0.1, 0.15) is 11.9 Å². The average Bonchev–Trinajstić information content (AvgIpc) is 2.27. The Hall–Kier alpha value is -1.42. The van der Waals surface area contributed by atoms with E-state index in [0.717, 1.165) is 0 Å². The minimum Gasteiger partial charge on any atom is -0.368 e. The second-order valence-electron chi connectivity index (χ2n) is 4.07. The van der Waals surface area contributed by atoms with E-state index in [1.807, 2.05) is 19.9 Å². The third-order valence-electron chi connectivity index (χ3n) is 1.96. The van der Waals surface area contributed by atoms with Crippen LogP contribution in [0.1, 0.15) is 20.8 Å². The van der Waals surface area contributed by atoms with Gasteiger partial charge in [0.2, 0.25) is 0 Å². The monoisotopic (exact) mass is 222 g/mol. The Morgan fingerprint density at radius 1 is 1.44 bits per heavy atom. The Balaban J connectivity index is 2.40. The van der Waals surface area contributed by atoms with E-state index >= 15 is 0 Å². The molecule has 0 saturated carbocycles. The number of hydrogen-bond acceptors (Lipinski definition) is 3. The highest BCUT2D eigenvalue weighted by molar-refractivity contribution is 5.92. The van der Waals surface area contributed by atoms with E-state index in [0.29, 0.717) is 18.3 Å². The second-order valence-corrected chi connectivity index (χ2v) is 4.07. The molecule has 0 aliphatic carbocycles. The fourth-order valence-electron chi connectivity index (χ4n) is 1.08. The van der Waals surface area contributed by atoms with Crippen LogP contribution < -0.4 is 5.32 Å². The van der Waals surface area contributed by atoms with Crippen LogP contribution in [-0.2, 0) is 9.53 Å². The molecule has 0 radical (unpaired) electrons. The summed E-state index contributed by atoms with van der Waals surface area (Å²) in [5.41, 5.74) is 0. The lowest BCUT2D eigenvalue weighted by Crippen LogP contribution is -2.29. The van der Waals surface area contributed by atoms with Gasteiger partial charge >= 0.3 is 0 Å². The van der Waals surface area contributed by atoms with Crippen LogP contribution in [-0.4, -0.2) is 23.6 Å². The maximum absolute atomic E-state index is 11.6. The summed E-state index contributed by atoms with van der Waals surface area (Å²) in [5.74, 6) is 0.803. The molecular weight excluding hydrogens is 204 g/mol. The molecule has 0 fully saturated rings. The van der Waals surface area contributed by atoms with Crippen molar-refractivity contribution >= 4 is 11.7 Å². The minimum absolute atomic E-state index is 0.167. The predicted molar refractivity (Wildman–Crippen MR) is 63.1 cm³/mol. The normalized spacial score (nSPS) is 12.5. The van der Waals surface area contributed by atoms with Gasteiger partial charge in [-0.3, -0.25) is 4.79 Å². The lowest BCUT2D eigenvalue weighted by atomic mass is 10.2. The number of aromatic nitrogens is 1. The quantitative estimate of drug-likeness (QED) is 0.829. The molecule has 1 aromatic heterocycles. The molecule has 0 spiro atoms. The molecule has 1 unspecified atom stereocenters. The molecule has 1 N–H and O–H groups in total. The number of anilines is 1. The van der Waals surface area contributed by atoms with Crippen LogP contribution >= 0.6 is 0 Å². The molecule has 1 aromatic rings. The zero-order valence-electron chi connectivity index (χ0n) is 9.93. The molecule has 4 nitrogen and oxygen atoms in total. The van der Waals surface area contributed by atoms with E-state index in [4.69, 9.17) is 4.74 Å². The van der Waals surface area contributed by atoms with Gasteiger partial charge in [-0.15, -0.1) is 0 Å². The van der Waals surface area contributed by atoms with Gasteiger partial charge in [0, 0.05) is 12.8 Å².